The van der Waals surface area contributed by atoms with Crippen LogP contribution in [-0.4, -0.2) is 151 Å². The van der Waals surface area contributed by atoms with Crippen molar-refractivity contribution in [3.8, 4) is 11.4 Å². The van der Waals surface area contributed by atoms with Crippen LogP contribution in [-0.2, 0) is 71.8 Å². The molecule has 71 heavy (non-hydrogen) atoms. The summed E-state index contributed by atoms with van der Waals surface area (Å²) >= 11 is 0. The maximum Gasteiger partial charge on any atom is 0.332 e. The molecule has 0 atom stereocenters. The van der Waals surface area contributed by atoms with Gasteiger partial charge in [0.05, 0.1) is 112 Å². The predicted octanol–water partition coefficient (Wildman–Crippen LogP) is 6.57. The molecule has 2 aliphatic rings. The number of fused-ring (bicyclic) bond motifs is 1. The number of carbonyl (C=O) groups excluding carboxylic acids is 1. The smallest absolute Gasteiger partial charge is 0.332 e. The Bertz CT molecular complexity index is 2230. The van der Waals surface area contributed by atoms with E-state index >= 15 is 0 Å². The van der Waals surface area contributed by atoms with Crippen molar-refractivity contribution in [3.05, 3.63) is 92.6 Å². The second kappa shape index (κ2) is 33.2. The summed E-state index contributed by atoms with van der Waals surface area (Å²) in [4.78, 5) is 46.7. The lowest BCUT2D eigenvalue weighted by Gasteiger charge is -2.25. The van der Waals surface area contributed by atoms with E-state index in [-0.39, 0.29) is 24.5 Å². The highest BCUT2D eigenvalue weighted by Gasteiger charge is 2.26. The van der Waals surface area contributed by atoms with Gasteiger partial charge in [0.1, 0.15) is 12.4 Å². The molecule has 0 radical (unpaired) electrons. The molecule has 2 aromatic carbocycles. The predicted molar refractivity (Wildman–Crippen MR) is 271 cm³/mol. The molecule has 0 unspecified atom stereocenters. The Kier molecular flexibility index (Phi) is 26.1. The standard InChI is InChI=1S/C54H78N4O13/c1-62-23-24-63-25-26-64-27-28-65-29-30-66-31-32-67-33-34-68-35-36-69-37-38-70-39-40-71-49(59)22-19-44-17-20-48(21-18-44)51-55-52-50(56(51)41-45-11-5-2-6-12-45)53(60)58(43-47-15-9-4-10-16-47)54(61)57(52)42-46-13-7-3-8-14-46/h2,5-6,11-12,17-22,46-47H,3-4,7-10,13-16,23-43H2,1H3/b22-19+. The molecular weight excluding hydrogens is 913 g/mol. The molecule has 2 heterocycles. The first-order chi connectivity index (χ1) is 35.0. The minimum Gasteiger partial charge on any atom is -0.460 e. The Morgan fingerprint density at radius 1 is 0.549 bits per heavy atom. The van der Waals surface area contributed by atoms with Crippen molar-refractivity contribution >= 4 is 23.2 Å². The number of rotatable bonds is 36. The van der Waals surface area contributed by atoms with Gasteiger partial charge in [-0.1, -0.05) is 93.1 Å². The summed E-state index contributed by atoms with van der Waals surface area (Å²) in [6.07, 6.45) is 14.3. The third-order valence-electron chi connectivity index (χ3n) is 12.7. The van der Waals surface area contributed by atoms with Crippen molar-refractivity contribution in [2.45, 2.75) is 83.8 Å². The van der Waals surface area contributed by atoms with E-state index in [1.165, 1.54) is 23.5 Å². The number of imidazole rings is 1. The van der Waals surface area contributed by atoms with Gasteiger partial charge in [0.2, 0.25) is 0 Å². The summed E-state index contributed by atoms with van der Waals surface area (Å²) < 4.78 is 59.4. The SMILES string of the molecule is COCCOCCOCCOCCOCCOCCOCCOCCOCCOC(=O)/C=C/c1ccc(-c2nc3c(c(=O)n(CC4CCCCC4)c(=O)n3CC3CCCCC3)n2Cc2ccccc2)cc1. The molecule has 0 spiro atoms. The molecule has 392 valence electrons. The zero-order valence-corrected chi connectivity index (χ0v) is 42.0. The number of nitrogens with zero attached hydrogens (tertiary/aromatic N) is 4. The highest BCUT2D eigenvalue weighted by Crippen LogP contribution is 2.29. The van der Waals surface area contributed by atoms with Crippen molar-refractivity contribution in [3.63, 3.8) is 0 Å². The number of hydrogen-bond acceptors (Lipinski definition) is 14. The fraction of sp³-hybridized carbons (Fsp3) is 0.630. The molecule has 0 bridgehead atoms. The number of esters is 1. The lowest BCUT2D eigenvalue weighted by Crippen LogP contribution is -2.43. The Hall–Kier alpha value is -4.56. The molecule has 0 N–H and O–H groups in total. The van der Waals surface area contributed by atoms with E-state index in [0.717, 1.165) is 68.1 Å². The molecule has 0 saturated heterocycles. The zero-order valence-electron chi connectivity index (χ0n) is 42.0. The fourth-order valence-electron chi connectivity index (χ4n) is 8.95. The maximum absolute atomic E-state index is 14.6. The summed E-state index contributed by atoms with van der Waals surface area (Å²) in [5.74, 6) is 0.815. The zero-order chi connectivity index (χ0) is 49.6. The van der Waals surface area contributed by atoms with Crippen molar-refractivity contribution in [2.24, 2.45) is 11.8 Å². The third-order valence-corrected chi connectivity index (χ3v) is 12.7. The first kappa shape index (κ1) is 55.7. The highest BCUT2D eigenvalue weighted by atomic mass is 16.6. The minimum absolute atomic E-state index is 0.109. The second-order valence-corrected chi connectivity index (χ2v) is 18.0. The summed E-state index contributed by atoms with van der Waals surface area (Å²) in [6, 6.07) is 17.8. The van der Waals surface area contributed by atoms with Crippen LogP contribution in [0.2, 0.25) is 0 Å². The van der Waals surface area contributed by atoms with E-state index in [1.807, 2.05) is 63.7 Å². The molecular formula is C54H78N4O13. The monoisotopic (exact) mass is 991 g/mol. The van der Waals surface area contributed by atoms with Crippen LogP contribution >= 0.6 is 0 Å². The number of carbonyl (C=O) groups is 1. The molecule has 6 rings (SSSR count). The van der Waals surface area contributed by atoms with E-state index in [9.17, 15) is 14.4 Å². The quantitative estimate of drug-likeness (QED) is 0.0272. The second-order valence-electron chi connectivity index (χ2n) is 18.0. The van der Waals surface area contributed by atoms with Gasteiger partial charge in [0.15, 0.2) is 11.2 Å². The van der Waals surface area contributed by atoms with Crippen LogP contribution in [0.15, 0.2) is 70.3 Å². The first-order valence-electron chi connectivity index (χ1n) is 25.9. The molecule has 4 aromatic rings. The van der Waals surface area contributed by atoms with Gasteiger partial charge in [-0.3, -0.25) is 13.9 Å². The van der Waals surface area contributed by atoms with E-state index in [0.29, 0.717) is 154 Å². The van der Waals surface area contributed by atoms with Gasteiger partial charge in [-0.2, -0.15) is 0 Å². The third kappa shape index (κ3) is 19.8. The van der Waals surface area contributed by atoms with Crippen LogP contribution in [0.25, 0.3) is 28.6 Å². The summed E-state index contributed by atoms with van der Waals surface area (Å²) in [5.41, 5.74) is 3.03. The van der Waals surface area contributed by atoms with E-state index in [1.54, 1.807) is 13.2 Å². The van der Waals surface area contributed by atoms with Gasteiger partial charge in [-0.05, 0) is 54.7 Å². The average Bonchev–Trinajstić information content (AvgIpc) is 3.77. The fourth-order valence-corrected chi connectivity index (χ4v) is 8.95. The van der Waals surface area contributed by atoms with Gasteiger partial charge in [0.25, 0.3) is 5.56 Å². The Morgan fingerprint density at radius 2 is 1.00 bits per heavy atom. The van der Waals surface area contributed by atoms with Crippen molar-refractivity contribution in [1.29, 1.82) is 0 Å². The molecule has 17 heteroatoms. The number of hydrogen-bond donors (Lipinski definition) is 0. The van der Waals surface area contributed by atoms with Gasteiger partial charge in [0, 0.05) is 38.4 Å². The molecule has 2 saturated carbocycles. The first-order valence-corrected chi connectivity index (χ1v) is 25.9. The van der Waals surface area contributed by atoms with Crippen LogP contribution in [0.4, 0.5) is 0 Å². The molecule has 2 fully saturated rings. The van der Waals surface area contributed by atoms with Crippen LogP contribution in [0.3, 0.4) is 0 Å². The lowest BCUT2D eigenvalue weighted by molar-refractivity contribution is -0.139. The van der Waals surface area contributed by atoms with Gasteiger partial charge in [-0.25, -0.2) is 14.6 Å². The molecule has 2 aromatic heterocycles. The number of methoxy groups -OCH3 is 1. The van der Waals surface area contributed by atoms with Crippen LogP contribution in [0.1, 0.15) is 75.3 Å². The van der Waals surface area contributed by atoms with Gasteiger partial charge in [-0.15, -0.1) is 0 Å². The summed E-state index contributed by atoms with van der Waals surface area (Å²) in [5, 5.41) is 0. The number of ether oxygens (including phenoxy) is 10. The van der Waals surface area contributed by atoms with Gasteiger partial charge < -0.3 is 51.9 Å². The van der Waals surface area contributed by atoms with Crippen LogP contribution < -0.4 is 11.2 Å². The minimum atomic E-state index is -0.480. The van der Waals surface area contributed by atoms with E-state index in [2.05, 4.69) is 0 Å². The summed E-state index contributed by atoms with van der Waals surface area (Å²) in [6.45, 7) is 9.51. The maximum atomic E-state index is 14.6. The van der Waals surface area contributed by atoms with Gasteiger partial charge >= 0.3 is 11.7 Å². The van der Waals surface area contributed by atoms with Crippen molar-refractivity contribution in [1.82, 2.24) is 18.7 Å². The normalized spacial score (nSPS) is 14.8. The van der Waals surface area contributed by atoms with Crippen molar-refractivity contribution < 1.29 is 52.2 Å². The molecule has 0 aliphatic heterocycles. The van der Waals surface area contributed by atoms with Crippen molar-refractivity contribution in [2.75, 3.05) is 126 Å². The Balaban J connectivity index is 0.879. The average molecular weight is 991 g/mol. The number of benzene rings is 2. The molecule has 0 amide bonds. The Morgan fingerprint density at radius 3 is 1.48 bits per heavy atom. The van der Waals surface area contributed by atoms with Crippen LogP contribution in [0, 0.1) is 11.8 Å². The topological polar surface area (TPSA) is 171 Å². The summed E-state index contributed by atoms with van der Waals surface area (Å²) in [7, 11) is 1.64. The van der Waals surface area contributed by atoms with Crippen LogP contribution in [0.5, 0.6) is 0 Å². The lowest BCUT2D eigenvalue weighted by atomic mass is 9.89. The van der Waals surface area contributed by atoms with E-state index in [4.69, 9.17) is 52.4 Å². The number of aromatic nitrogens is 4. The largest absolute Gasteiger partial charge is 0.460 e. The molecule has 17 nitrogen and oxygen atoms in total. The molecule has 2 aliphatic carbocycles. The highest BCUT2D eigenvalue weighted by molar-refractivity contribution is 5.87. The Labute approximate surface area is 418 Å². The van der Waals surface area contributed by atoms with E-state index < -0.39 is 5.97 Å².